The average Bonchev–Trinajstić information content (AvgIpc) is 2.98. The summed E-state index contributed by atoms with van der Waals surface area (Å²) in [7, 11) is 1.79. The number of halogens is 2. The molecule has 1 heterocycles. The van der Waals surface area contributed by atoms with E-state index in [1.165, 1.54) is 19.3 Å². The minimum atomic E-state index is -2.52. The fourth-order valence-corrected chi connectivity index (χ4v) is 3.23. The van der Waals surface area contributed by atoms with E-state index in [1.807, 2.05) is 0 Å². The van der Waals surface area contributed by atoms with Crippen molar-refractivity contribution in [2.24, 2.45) is 5.92 Å². The van der Waals surface area contributed by atoms with Gasteiger partial charge in [0.05, 0.1) is 8.44 Å². The van der Waals surface area contributed by atoms with E-state index in [0.717, 1.165) is 31.0 Å². The number of benzene rings is 1. The van der Waals surface area contributed by atoms with E-state index in [2.05, 4.69) is 10.4 Å². The zero-order valence-electron chi connectivity index (χ0n) is 16.4. The highest BCUT2D eigenvalue weighted by molar-refractivity contribution is 5.20. The summed E-state index contributed by atoms with van der Waals surface area (Å²) in [4.78, 5) is 0. The van der Waals surface area contributed by atoms with Crippen molar-refractivity contribution < 1.29 is 16.3 Å². The third-order valence-corrected chi connectivity index (χ3v) is 4.50. The standard InChI is InChI=1S/C19H25F2N3O/c1-22-11-17-10-19(24(23-17)12-14-5-3-2-4-6-14)25-13-15-9-16(20)7-8-18(15)21/h7-10,14,22H,2-6,11-13H2,1H3/i13D2. The number of rotatable bonds is 7. The van der Waals surface area contributed by atoms with Crippen LogP contribution in [0, 0.1) is 17.6 Å². The molecule has 4 nitrogen and oxygen atoms in total. The largest absolute Gasteiger partial charge is 0.473 e. The van der Waals surface area contributed by atoms with Gasteiger partial charge in [-0.05, 0) is 44.0 Å². The highest BCUT2D eigenvalue weighted by Gasteiger charge is 2.18. The van der Waals surface area contributed by atoms with Crippen molar-refractivity contribution in [3.63, 3.8) is 0 Å². The number of hydrogen-bond donors (Lipinski definition) is 1. The summed E-state index contributed by atoms with van der Waals surface area (Å²) in [6.45, 7) is -1.39. The molecule has 2 aromatic rings. The summed E-state index contributed by atoms with van der Waals surface area (Å²) in [5.74, 6) is -0.889. The Morgan fingerprint density at radius 3 is 2.84 bits per heavy atom. The predicted octanol–water partition coefficient (Wildman–Crippen LogP) is 4.04. The molecular formula is C19H25F2N3O. The number of aromatic nitrogens is 2. The Balaban J connectivity index is 1.86. The maximum Gasteiger partial charge on any atom is 0.212 e. The normalized spacial score (nSPS) is 17.2. The molecule has 0 saturated heterocycles. The summed E-state index contributed by atoms with van der Waals surface area (Å²) < 4.78 is 51.0. The Kier molecular flexibility index (Phi) is 5.16. The molecule has 0 atom stereocenters. The SMILES string of the molecule is [2H]C([2H])(Oc1cc(CNC)nn1CC1CCCCC1)c1cc(F)ccc1F. The van der Waals surface area contributed by atoms with Crippen LogP contribution in [-0.2, 0) is 19.6 Å². The van der Waals surface area contributed by atoms with Crippen LogP contribution in [0.3, 0.4) is 0 Å². The van der Waals surface area contributed by atoms with Gasteiger partial charge in [0, 0.05) is 24.7 Å². The van der Waals surface area contributed by atoms with Gasteiger partial charge in [-0.1, -0.05) is 19.3 Å². The molecule has 1 aromatic heterocycles. The van der Waals surface area contributed by atoms with Gasteiger partial charge in [-0.3, -0.25) is 0 Å². The first-order valence-electron chi connectivity index (χ1n) is 9.75. The van der Waals surface area contributed by atoms with Gasteiger partial charge < -0.3 is 10.1 Å². The molecule has 1 saturated carbocycles. The number of nitrogens with one attached hydrogen (secondary N) is 1. The fourth-order valence-electron chi connectivity index (χ4n) is 3.23. The molecular weight excluding hydrogens is 324 g/mol. The van der Waals surface area contributed by atoms with Gasteiger partial charge in [-0.25, -0.2) is 13.5 Å². The van der Waals surface area contributed by atoms with Crippen LogP contribution in [0.4, 0.5) is 8.78 Å². The fraction of sp³-hybridized carbons (Fsp3) is 0.526. The molecule has 0 spiro atoms. The van der Waals surface area contributed by atoms with Crippen molar-refractivity contribution in [2.75, 3.05) is 7.05 Å². The molecule has 1 fully saturated rings. The lowest BCUT2D eigenvalue weighted by atomic mass is 9.89. The van der Waals surface area contributed by atoms with Gasteiger partial charge in [0.1, 0.15) is 18.2 Å². The van der Waals surface area contributed by atoms with E-state index < -0.39 is 23.8 Å². The van der Waals surface area contributed by atoms with Gasteiger partial charge in [0.2, 0.25) is 5.88 Å². The maximum atomic E-state index is 14.0. The second-order valence-corrected chi connectivity index (χ2v) is 6.52. The highest BCUT2D eigenvalue weighted by atomic mass is 19.1. The van der Waals surface area contributed by atoms with Crippen LogP contribution in [0.15, 0.2) is 24.3 Å². The van der Waals surface area contributed by atoms with Crippen molar-refractivity contribution >= 4 is 0 Å². The van der Waals surface area contributed by atoms with Crippen molar-refractivity contribution in [3.05, 3.63) is 47.2 Å². The predicted molar refractivity (Wildman–Crippen MR) is 92.3 cm³/mol. The Morgan fingerprint density at radius 2 is 2.08 bits per heavy atom. The monoisotopic (exact) mass is 351 g/mol. The van der Waals surface area contributed by atoms with Crippen molar-refractivity contribution in [3.8, 4) is 5.88 Å². The quantitative estimate of drug-likeness (QED) is 0.818. The van der Waals surface area contributed by atoms with Crippen LogP contribution in [0.1, 0.15) is 46.1 Å². The van der Waals surface area contributed by atoms with Crippen LogP contribution in [0.2, 0.25) is 0 Å². The summed E-state index contributed by atoms with van der Waals surface area (Å²) in [5, 5.41) is 7.51. The van der Waals surface area contributed by atoms with E-state index in [1.54, 1.807) is 17.8 Å². The van der Waals surface area contributed by atoms with E-state index in [4.69, 9.17) is 7.48 Å². The van der Waals surface area contributed by atoms with E-state index in [-0.39, 0.29) is 5.88 Å². The highest BCUT2D eigenvalue weighted by Crippen LogP contribution is 2.27. The van der Waals surface area contributed by atoms with Crippen molar-refractivity contribution in [1.29, 1.82) is 0 Å². The zero-order valence-corrected chi connectivity index (χ0v) is 14.4. The topological polar surface area (TPSA) is 39.1 Å². The second kappa shape index (κ2) is 8.43. The van der Waals surface area contributed by atoms with Crippen LogP contribution < -0.4 is 10.1 Å². The summed E-state index contributed by atoms with van der Waals surface area (Å²) >= 11 is 0. The lowest BCUT2D eigenvalue weighted by Gasteiger charge is -2.22. The Hall–Kier alpha value is -1.95. The van der Waals surface area contributed by atoms with Gasteiger partial charge in [-0.15, -0.1) is 0 Å². The number of nitrogens with zero attached hydrogens (tertiary/aromatic N) is 2. The maximum absolute atomic E-state index is 14.0. The Bertz CT molecular complexity index is 776. The minimum Gasteiger partial charge on any atom is -0.473 e. The Morgan fingerprint density at radius 1 is 1.28 bits per heavy atom. The molecule has 0 aliphatic heterocycles. The molecule has 6 heteroatoms. The van der Waals surface area contributed by atoms with E-state index >= 15 is 0 Å². The summed E-state index contributed by atoms with van der Waals surface area (Å²) in [6, 6.07) is 4.32. The van der Waals surface area contributed by atoms with Crippen molar-refractivity contribution in [1.82, 2.24) is 15.1 Å². The molecule has 3 rings (SSSR count). The molecule has 0 bridgehead atoms. The first-order valence-corrected chi connectivity index (χ1v) is 8.75. The summed E-state index contributed by atoms with van der Waals surface area (Å²) in [5.41, 5.74) is 0.238. The van der Waals surface area contributed by atoms with Gasteiger partial charge in [0.25, 0.3) is 0 Å². The molecule has 0 unspecified atom stereocenters. The van der Waals surface area contributed by atoms with Crippen LogP contribution in [0.5, 0.6) is 5.88 Å². The minimum absolute atomic E-state index is 0.222. The van der Waals surface area contributed by atoms with Gasteiger partial charge >= 0.3 is 0 Å². The molecule has 0 amide bonds. The third-order valence-electron chi connectivity index (χ3n) is 4.50. The third kappa shape index (κ3) is 4.78. The first kappa shape index (κ1) is 15.3. The van der Waals surface area contributed by atoms with Crippen LogP contribution >= 0.6 is 0 Å². The van der Waals surface area contributed by atoms with Gasteiger partial charge in [-0.2, -0.15) is 5.10 Å². The first-order chi connectivity index (χ1) is 12.9. The Labute approximate surface area is 150 Å². The van der Waals surface area contributed by atoms with E-state index in [0.29, 0.717) is 24.7 Å². The molecule has 1 N–H and O–H groups in total. The lowest BCUT2D eigenvalue weighted by Crippen LogP contribution is -2.16. The van der Waals surface area contributed by atoms with E-state index in [9.17, 15) is 8.78 Å². The van der Waals surface area contributed by atoms with Gasteiger partial charge in [0.15, 0.2) is 0 Å². The zero-order chi connectivity index (χ0) is 19.4. The van der Waals surface area contributed by atoms with Crippen molar-refractivity contribution in [2.45, 2.75) is 51.8 Å². The summed E-state index contributed by atoms with van der Waals surface area (Å²) in [6.07, 6.45) is 5.81. The number of hydrogen-bond acceptors (Lipinski definition) is 3. The lowest BCUT2D eigenvalue weighted by molar-refractivity contribution is 0.242. The second-order valence-electron chi connectivity index (χ2n) is 6.52. The average molecular weight is 351 g/mol. The molecule has 25 heavy (non-hydrogen) atoms. The molecule has 0 radical (unpaired) electrons. The molecule has 1 aromatic carbocycles. The van der Waals surface area contributed by atoms with Crippen LogP contribution in [0.25, 0.3) is 0 Å². The smallest absolute Gasteiger partial charge is 0.212 e. The number of ether oxygens (including phenoxy) is 1. The molecule has 136 valence electrons. The molecule has 1 aliphatic carbocycles. The molecule has 1 aliphatic rings. The van der Waals surface area contributed by atoms with Crippen LogP contribution in [-0.4, -0.2) is 16.8 Å².